The molecular weight excluding hydrogens is 394 g/mol. The monoisotopic (exact) mass is 417 g/mol. The molecule has 1 atom stereocenters. The van der Waals surface area contributed by atoms with Crippen LogP contribution in [-0.4, -0.2) is 44.5 Å². The van der Waals surface area contributed by atoms with E-state index in [2.05, 4.69) is 37.1 Å². The van der Waals surface area contributed by atoms with Gasteiger partial charge in [0.15, 0.2) is 5.65 Å². The third kappa shape index (κ3) is 3.32. The van der Waals surface area contributed by atoms with Gasteiger partial charge in [-0.2, -0.15) is 16.4 Å². The average Bonchev–Trinajstić information content (AvgIpc) is 3.06. The number of nitrogens with one attached hydrogen (secondary N) is 1. The molecule has 28 heavy (non-hydrogen) atoms. The van der Waals surface area contributed by atoms with Crippen LogP contribution in [0.4, 0.5) is 0 Å². The molecule has 148 valence electrons. The minimum Gasteiger partial charge on any atom is -0.331 e. The van der Waals surface area contributed by atoms with Gasteiger partial charge in [0.05, 0.1) is 6.20 Å². The van der Waals surface area contributed by atoms with Crippen molar-refractivity contribution in [1.82, 2.24) is 24.8 Å². The van der Waals surface area contributed by atoms with E-state index in [0.29, 0.717) is 29.2 Å². The molecule has 3 aromatic heterocycles. The Morgan fingerprint density at radius 3 is 2.96 bits per heavy atom. The summed E-state index contributed by atoms with van der Waals surface area (Å²) in [6, 6.07) is 4.33. The third-order valence-electron chi connectivity index (χ3n) is 6.05. The zero-order chi connectivity index (χ0) is 18.4. The Morgan fingerprint density at radius 1 is 1.39 bits per heavy atom. The van der Waals surface area contributed by atoms with Crippen LogP contribution in [0.5, 0.6) is 0 Å². The summed E-state index contributed by atoms with van der Waals surface area (Å²) in [7, 11) is 0. The maximum atomic E-state index is 13.6. The first-order valence-corrected chi connectivity index (χ1v) is 10.4. The molecule has 1 amide bonds. The molecule has 0 aromatic carbocycles. The van der Waals surface area contributed by atoms with Gasteiger partial charge in [-0.25, -0.2) is 9.50 Å². The summed E-state index contributed by atoms with van der Waals surface area (Å²) in [5.74, 6) is 0.0507. The topological polar surface area (TPSA) is 62.5 Å². The summed E-state index contributed by atoms with van der Waals surface area (Å²) in [5, 5.41) is 12.0. The number of rotatable bonds is 4. The molecule has 1 spiro atoms. The highest BCUT2D eigenvalue weighted by atomic mass is 35.5. The lowest BCUT2D eigenvalue weighted by molar-refractivity contribution is 0.0694. The number of halogens is 1. The van der Waals surface area contributed by atoms with E-state index in [0.717, 1.165) is 38.0 Å². The molecule has 1 unspecified atom stereocenters. The van der Waals surface area contributed by atoms with Gasteiger partial charge in [0, 0.05) is 24.5 Å². The number of fused-ring (bicyclic) bond motifs is 1. The van der Waals surface area contributed by atoms with Crippen LogP contribution in [0.3, 0.4) is 0 Å². The van der Waals surface area contributed by atoms with E-state index in [9.17, 15) is 4.79 Å². The first-order valence-electron chi connectivity index (χ1n) is 9.50. The molecule has 2 fully saturated rings. The van der Waals surface area contributed by atoms with Crippen molar-refractivity contribution in [2.24, 2.45) is 5.41 Å². The molecule has 6 nitrogen and oxygen atoms in total. The van der Waals surface area contributed by atoms with Crippen LogP contribution in [0.15, 0.2) is 35.3 Å². The second kappa shape index (κ2) is 7.46. The predicted octanol–water partition coefficient (Wildman–Crippen LogP) is 3.31. The Morgan fingerprint density at radius 2 is 2.21 bits per heavy atom. The fourth-order valence-electron chi connectivity index (χ4n) is 4.40. The fraction of sp³-hybridized carbons (Fsp3) is 0.450. The maximum absolute atomic E-state index is 13.6. The normalized spacial score (nSPS) is 20.1. The van der Waals surface area contributed by atoms with Crippen molar-refractivity contribution in [3.63, 3.8) is 0 Å². The van der Waals surface area contributed by atoms with E-state index in [-0.39, 0.29) is 18.3 Å². The molecule has 2 aliphatic rings. The lowest BCUT2D eigenvalue weighted by atomic mass is 9.93. The number of amides is 1. The van der Waals surface area contributed by atoms with Gasteiger partial charge in [-0.3, -0.25) is 4.79 Å². The molecule has 1 aliphatic carbocycles. The maximum Gasteiger partial charge on any atom is 0.259 e. The van der Waals surface area contributed by atoms with Crippen molar-refractivity contribution in [3.05, 3.63) is 52.1 Å². The Bertz CT molecular complexity index is 980. The van der Waals surface area contributed by atoms with Crippen molar-refractivity contribution >= 4 is 35.3 Å². The van der Waals surface area contributed by atoms with Crippen molar-refractivity contribution in [2.75, 3.05) is 13.1 Å². The van der Waals surface area contributed by atoms with E-state index in [1.807, 2.05) is 19.2 Å². The van der Waals surface area contributed by atoms with Crippen LogP contribution in [0.2, 0.25) is 0 Å². The highest BCUT2D eigenvalue weighted by Gasteiger charge is 2.58. The average molecular weight is 418 g/mol. The number of aryl methyl sites for hydroxylation is 1. The van der Waals surface area contributed by atoms with Crippen LogP contribution < -0.4 is 5.32 Å². The van der Waals surface area contributed by atoms with Crippen LogP contribution in [0.1, 0.15) is 40.9 Å². The second-order valence-corrected chi connectivity index (χ2v) is 8.57. The Kier molecular flexibility index (Phi) is 5.16. The SMILES string of the molecule is Cc1ccn2ncc(C(=O)N(Cc3ccsc3)C3CC34CCNCC4)c2n1.Cl. The summed E-state index contributed by atoms with van der Waals surface area (Å²) in [6.07, 6.45) is 6.94. The van der Waals surface area contributed by atoms with E-state index >= 15 is 0 Å². The molecule has 1 saturated carbocycles. The lowest BCUT2D eigenvalue weighted by Crippen LogP contribution is -2.39. The van der Waals surface area contributed by atoms with Crippen molar-refractivity contribution in [2.45, 2.75) is 38.8 Å². The molecule has 1 saturated heterocycles. The Balaban J connectivity index is 0.00000192. The summed E-state index contributed by atoms with van der Waals surface area (Å²) in [5.41, 5.74) is 3.64. The smallest absolute Gasteiger partial charge is 0.259 e. The number of piperidine rings is 1. The van der Waals surface area contributed by atoms with E-state index in [4.69, 9.17) is 0 Å². The van der Waals surface area contributed by atoms with Gasteiger partial charge in [-0.15, -0.1) is 12.4 Å². The lowest BCUT2D eigenvalue weighted by Gasteiger charge is -2.29. The molecule has 8 heteroatoms. The highest BCUT2D eigenvalue weighted by molar-refractivity contribution is 7.07. The highest BCUT2D eigenvalue weighted by Crippen LogP contribution is 2.56. The third-order valence-corrected chi connectivity index (χ3v) is 6.79. The van der Waals surface area contributed by atoms with Gasteiger partial charge in [0.25, 0.3) is 5.91 Å². The van der Waals surface area contributed by atoms with E-state index in [1.165, 1.54) is 5.56 Å². The van der Waals surface area contributed by atoms with Crippen LogP contribution in [0.25, 0.3) is 5.65 Å². The summed E-state index contributed by atoms with van der Waals surface area (Å²) < 4.78 is 1.69. The van der Waals surface area contributed by atoms with Gasteiger partial charge in [-0.1, -0.05) is 0 Å². The quantitative estimate of drug-likeness (QED) is 0.707. The number of thiophene rings is 1. The number of carbonyl (C=O) groups is 1. The summed E-state index contributed by atoms with van der Waals surface area (Å²) >= 11 is 1.68. The standard InChI is InChI=1S/C20H23N5OS.ClH/c1-14-2-8-25-18(23-14)16(11-22-25)19(26)24(12-15-3-9-27-13-15)17-10-20(17)4-6-21-7-5-20;/h2-3,8-9,11,13,17,21H,4-7,10,12H2,1H3;1H. The molecule has 3 aromatic rings. The summed E-state index contributed by atoms with van der Waals surface area (Å²) in [6.45, 7) is 4.70. The van der Waals surface area contributed by atoms with Gasteiger partial charge in [0.2, 0.25) is 0 Å². The van der Waals surface area contributed by atoms with Gasteiger partial charge < -0.3 is 10.2 Å². The number of nitrogens with zero attached hydrogens (tertiary/aromatic N) is 4. The van der Waals surface area contributed by atoms with Crippen molar-refractivity contribution < 1.29 is 4.79 Å². The van der Waals surface area contributed by atoms with Gasteiger partial charge >= 0.3 is 0 Å². The van der Waals surface area contributed by atoms with Crippen LogP contribution in [0, 0.1) is 12.3 Å². The predicted molar refractivity (Wildman–Crippen MR) is 112 cm³/mol. The summed E-state index contributed by atoms with van der Waals surface area (Å²) in [4.78, 5) is 20.2. The zero-order valence-corrected chi connectivity index (χ0v) is 17.4. The van der Waals surface area contributed by atoms with Gasteiger partial charge in [0.1, 0.15) is 5.56 Å². The molecule has 5 rings (SSSR count). The minimum absolute atomic E-state index is 0. The Labute approximate surface area is 174 Å². The van der Waals surface area contributed by atoms with Crippen molar-refractivity contribution in [1.29, 1.82) is 0 Å². The first-order chi connectivity index (χ1) is 13.2. The molecule has 4 heterocycles. The second-order valence-electron chi connectivity index (χ2n) is 7.79. The van der Waals surface area contributed by atoms with E-state index < -0.39 is 0 Å². The number of carbonyl (C=O) groups excluding carboxylic acids is 1. The number of hydrogen-bond donors (Lipinski definition) is 1. The Hall–Kier alpha value is -1.96. The van der Waals surface area contributed by atoms with Crippen molar-refractivity contribution in [3.8, 4) is 0 Å². The first kappa shape index (κ1) is 19.4. The minimum atomic E-state index is 0. The molecule has 0 bridgehead atoms. The zero-order valence-electron chi connectivity index (χ0n) is 15.8. The van der Waals surface area contributed by atoms with Crippen LogP contribution >= 0.6 is 23.7 Å². The van der Waals surface area contributed by atoms with Gasteiger partial charge in [-0.05, 0) is 73.1 Å². The largest absolute Gasteiger partial charge is 0.331 e. The number of aromatic nitrogens is 3. The van der Waals surface area contributed by atoms with Crippen LogP contribution in [-0.2, 0) is 6.54 Å². The molecule has 0 radical (unpaired) electrons. The molecular formula is C20H24ClN5OS. The molecule has 1 N–H and O–H groups in total. The fourth-order valence-corrected chi connectivity index (χ4v) is 5.06. The number of hydrogen-bond acceptors (Lipinski definition) is 5. The molecule has 1 aliphatic heterocycles. The van der Waals surface area contributed by atoms with E-state index in [1.54, 1.807) is 22.0 Å².